The quantitative estimate of drug-likeness (QED) is 0.405. The molecule has 0 saturated carbocycles. The number of piperidine rings is 2. The molecule has 2 saturated heterocycles. The van der Waals surface area contributed by atoms with Crippen LogP contribution >= 0.6 is 0 Å². The smallest absolute Gasteiger partial charge is 0.410 e. The van der Waals surface area contributed by atoms with E-state index in [1.54, 1.807) is 23.6 Å². The van der Waals surface area contributed by atoms with E-state index in [2.05, 4.69) is 22.3 Å². The Bertz CT molecular complexity index is 1270. The van der Waals surface area contributed by atoms with Gasteiger partial charge in [0, 0.05) is 27.1 Å². The molecule has 10 heteroatoms. The molecule has 1 aromatic heterocycles. The summed E-state index contributed by atoms with van der Waals surface area (Å²) < 4.78 is 8.55. The molecule has 3 heterocycles. The van der Waals surface area contributed by atoms with Crippen molar-refractivity contribution in [2.45, 2.75) is 83.3 Å². The Morgan fingerprint density at radius 3 is 2.44 bits per heavy atom. The van der Waals surface area contributed by atoms with Crippen LogP contribution in [0.25, 0.3) is 11.0 Å². The maximum atomic E-state index is 13.0. The highest BCUT2D eigenvalue weighted by atomic mass is 16.6. The normalized spacial score (nSPS) is 19.4. The van der Waals surface area contributed by atoms with E-state index in [1.165, 1.54) is 10.1 Å². The summed E-state index contributed by atoms with van der Waals surface area (Å²) in [7, 11) is 3.53. The lowest BCUT2D eigenvalue weighted by Crippen LogP contribution is -2.44. The van der Waals surface area contributed by atoms with Gasteiger partial charge in [-0.2, -0.15) is 0 Å². The van der Waals surface area contributed by atoms with E-state index in [0.29, 0.717) is 18.9 Å². The van der Waals surface area contributed by atoms with Crippen LogP contribution in [-0.2, 0) is 21.4 Å². The molecule has 0 aliphatic carbocycles. The molecular formula is C29H43N5O5. The highest BCUT2D eigenvalue weighted by molar-refractivity contribution is 6.00. The molecule has 1 aromatic carbocycles. The Hall–Kier alpha value is -3.14. The second kappa shape index (κ2) is 11.9. The monoisotopic (exact) mass is 541 g/mol. The number of hydrogen-bond acceptors (Lipinski definition) is 6. The SMILES string of the molecule is CN(CCCCCN1CCC(c2ccc3c(c2)n(C)c(=O)n3C2CCC(=O)NC2=O)CC1)C(=O)OC(C)(C)C. The summed E-state index contributed by atoms with van der Waals surface area (Å²) in [4.78, 5) is 53.3. The number of ether oxygens (including phenoxy) is 1. The second-order valence-electron chi connectivity index (χ2n) is 12.0. The standard InChI is InChI=1S/C29H43N5O5/c1-29(2,3)39-28(38)31(4)15-7-6-8-16-33-17-13-20(14-18-33)21-9-10-22-24(19-21)32(5)27(37)34(22)23-11-12-25(35)30-26(23)36/h9-10,19-20,23H,6-8,11-18H2,1-5H3,(H,30,35,36). The number of unbranched alkanes of at least 4 members (excludes halogenated alkanes) is 2. The Morgan fingerprint density at radius 1 is 1.05 bits per heavy atom. The number of carbonyl (C=O) groups is 3. The average Bonchev–Trinajstić information content (AvgIpc) is 3.12. The minimum absolute atomic E-state index is 0.233. The molecule has 1 atom stereocenters. The zero-order chi connectivity index (χ0) is 28.3. The predicted molar refractivity (Wildman–Crippen MR) is 150 cm³/mol. The fraction of sp³-hybridized carbons (Fsp3) is 0.655. The number of benzene rings is 1. The lowest BCUT2D eigenvalue weighted by atomic mass is 9.89. The zero-order valence-electron chi connectivity index (χ0n) is 24.0. The summed E-state index contributed by atoms with van der Waals surface area (Å²) in [5.74, 6) is -0.265. The van der Waals surface area contributed by atoms with E-state index in [1.807, 2.05) is 26.8 Å². The molecule has 3 amide bonds. The van der Waals surface area contributed by atoms with E-state index in [0.717, 1.165) is 62.8 Å². The van der Waals surface area contributed by atoms with E-state index in [-0.39, 0.29) is 24.1 Å². The van der Waals surface area contributed by atoms with Gasteiger partial charge in [0.05, 0.1) is 11.0 Å². The van der Waals surface area contributed by atoms with Crippen molar-refractivity contribution in [2.75, 3.05) is 33.2 Å². The van der Waals surface area contributed by atoms with E-state index < -0.39 is 17.6 Å². The van der Waals surface area contributed by atoms with Gasteiger partial charge in [-0.1, -0.05) is 12.5 Å². The third-order valence-electron chi connectivity index (χ3n) is 7.87. The van der Waals surface area contributed by atoms with Gasteiger partial charge in [-0.05, 0) is 96.1 Å². The van der Waals surface area contributed by atoms with Gasteiger partial charge in [-0.15, -0.1) is 0 Å². The zero-order valence-corrected chi connectivity index (χ0v) is 24.0. The number of nitrogens with zero attached hydrogens (tertiary/aromatic N) is 4. The molecule has 2 fully saturated rings. The van der Waals surface area contributed by atoms with Crippen LogP contribution in [0, 0.1) is 0 Å². The van der Waals surface area contributed by atoms with Gasteiger partial charge in [0.25, 0.3) is 0 Å². The van der Waals surface area contributed by atoms with Gasteiger partial charge in [0.15, 0.2) is 0 Å². The molecule has 2 aliphatic rings. The first-order valence-electron chi connectivity index (χ1n) is 14.2. The number of imidazole rings is 1. The largest absolute Gasteiger partial charge is 0.444 e. The molecule has 1 N–H and O–H groups in total. The predicted octanol–water partition coefficient (Wildman–Crippen LogP) is 3.53. The first kappa shape index (κ1) is 28.9. The molecular weight excluding hydrogens is 498 g/mol. The van der Waals surface area contributed by atoms with Gasteiger partial charge >= 0.3 is 11.8 Å². The third-order valence-corrected chi connectivity index (χ3v) is 7.87. The summed E-state index contributed by atoms with van der Waals surface area (Å²) in [6.07, 6.45) is 5.57. The van der Waals surface area contributed by atoms with Crippen LogP contribution < -0.4 is 11.0 Å². The fourth-order valence-corrected chi connectivity index (χ4v) is 5.65. The van der Waals surface area contributed by atoms with Gasteiger partial charge in [-0.25, -0.2) is 9.59 Å². The van der Waals surface area contributed by atoms with Crippen LogP contribution in [0.1, 0.15) is 83.2 Å². The highest BCUT2D eigenvalue weighted by Gasteiger charge is 2.31. The lowest BCUT2D eigenvalue weighted by molar-refractivity contribution is -0.135. The van der Waals surface area contributed by atoms with E-state index in [4.69, 9.17) is 4.74 Å². The number of imide groups is 1. The van der Waals surface area contributed by atoms with Crippen molar-refractivity contribution < 1.29 is 19.1 Å². The number of nitrogens with one attached hydrogen (secondary N) is 1. The van der Waals surface area contributed by atoms with E-state index >= 15 is 0 Å². The molecule has 10 nitrogen and oxygen atoms in total. The first-order valence-corrected chi connectivity index (χ1v) is 14.2. The minimum atomic E-state index is -0.661. The number of likely N-dealkylation sites (tertiary alicyclic amines) is 1. The molecule has 2 aliphatic heterocycles. The van der Waals surface area contributed by atoms with Gasteiger partial charge < -0.3 is 14.5 Å². The maximum Gasteiger partial charge on any atom is 0.410 e. The van der Waals surface area contributed by atoms with Gasteiger partial charge in [-0.3, -0.25) is 24.0 Å². The molecule has 2 aromatic rings. The van der Waals surface area contributed by atoms with Crippen molar-refractivity contribution in [3.8, 4) is 0 Å². The van der Waals surface area contributed by atoms with Crippen molar-refractivity contribution in [1.82, 2.24) is 24.3 Å². The first-order chi connectivity index (χ1) is 18.4. The average molecular weight is 542 g/mol. The minimum Gasteiger partial charge on any atom is -0.444 e. The Kier molecular flexibility index (Phi) is 8.83. The van der Waals surface area contributed by atoms with E-state index in [9.17, 15) is 19.2 Å². The summed E-state index contributed by atoms with van der Waals surface area (Å²) in [6, 6.07) is 5.48. The molecule has 0 radical (unpaired) electrons. The van der Waals surface area contributed by atoms with Crippen LogP contribution in [0.3, 0.4) is 0 Å². The number of rotatable bonds is 8. The van der Waals surface area contributed by atoms with Crippen molar-refractivity contribution in [2.24, 2.45) is 7.05 Å². The molecule has 0 bridgehead atoms. The highest BCUT2D eigenvalue weighted by Crippen LogP contribution is 2.31. The fourth-order valence-electron chi connectivity index (χ4n) is 5.65. The number of carbonyl (C=O) groups excluding carboxylic acids is 3. The third kappa shape index (κ3) is 6.90. The Labute approximate surface area is 230 Å². The van der Waals surface area contributed by atoms with Gasteiger partial charge in [0.1, 0.15) is 11.6 Å². The van der Waals surface area contributed by atoms with Crippen LogP contribution in [-0.4, -0.2) is 75.7 Å². The topological polar surface area (TPSA) is 106 Å². The number of fused-ring (bicyclic) bond motifs is 1. The maximum absolute atomic E-state index is 13.0. The second-order valence-corrected chi connectivity index (χ2v) is 12.0. The molecule has 214 valence electrons. The lowest BCUT2D eigenvalue weighted by Gasteiger charge is -2.32. The van der Waals surface area contributed by atoms with Crippen LogP contribution in [0.5, 0.6) is 0 Å². The Balaban J connectivity index is 1.27. The van der Waals surface area contributed by atoms with Crippen molar-refractivity contribution in [3.63, 3.8) is 0 Å². The van der Waals surface area contributed by atoms with Crippen LogP contribution in [0.4, 0.5) is 4.79 Å². The number of amides is 3. The molecule has 4 rings (SSSR count). The van der Waals surface area contributed by atoms with Crippen molar-refractivity contribution in [3.05, 3.63) is 34.2 Å². The Morgan fingerprint density at radius 2 is 1.77 bits per heavy atom. The summed E-state index contributed by atoms with van der Waals surface area (Å²) in [6.45, 7) is 9.47. The molecule has 0 spiro atoms. The van der Waals surface area contributed by atoms with Crippen molar-refractivity contribution >= 4 is 28.9 Å². The summed E-state index contributed by atoms with van der Waals surface area (Å²) >= 11 is 0. The number of aryl methyl sites for hydroxylation is 1. The molecule has 1 unspecified atom stereocenters. The van der Waals surface area contributed by atoms with Crippen molar-refractivity contribution in [1.29, 1.82) is 0 Å². The van der Waals surface area contributed by atoms with Gasteiger partial charge in [0.2, 0.25) is 11.8 Å². The summed E-state index contributed by atoms with van der Waals surface area (Å²) in [5.41, 5.74) is 2.07. The van der Waals surface area contributed by atoms with Crippen LogP contribution in [0.2, 0.25) is 0 Å². The summed E-state index contributed by atoms with van der Waals surface area (Å²) in [5, 5.41) is 2.36. The molecule has 39 heavy (non-hydrogen) atoms. The number of hydrogen-bond donors (Lipinski definition) is 1. The number of aromatic nitrogens is 2. The van der Waals surface area contributed by atoms with Crippen LogP contribution in [0.15, 0.2) is 23.0 Å².